The molecule has 32 heavy (non-hydrogen) atoms. The lowest BCUT2D eigenvalue weighted by Gasteiger charge is -2.47. The van der Waals surface area contributed by atoms with Crippen LogP contribution in [0.4, 0.5) is 0 Å². The highest BCUT2D eigenvalue weighted by molar-refractivity contribution is 8.30. The Morgan fingerprint density at radius 1 is 0.969 bits per heavy atom. The normalized spacial score (nSPS) is 14.3. The third kappa shape index (κ3) is 6.72. The van der Waals surface area contributed by atoms with Crippen molar-refractivity contribution >= 4 is 16.0 Å². The van der Waals surface area contributed by atoms with Gasteiger partial charge in [0.25, 0.3) is 5.88 Å². The molecule has 0 aliphatic carbocycles. The number of aromatic nitrogens is 3. The molecule has 6 heteroatoms. The Hall–Kier alpha value is -2.05. The predicted molar refractivity (Wildman–Crippen MR) is 137 cm³/mol. The molecule has 0 aliphatic rings. The van der Waals surface area contributed by atoms with Gasteiger partial charge in [-0.1, -0.05) is 59.2 Å². The highest BCUT2D eigenvalue weighted by atomic mass is 32.3. The Kier molecular flexibility index (Phi) is 10.0. The molecule has 0 N–H and O–H groups in total. The second-order valence-corrected chi connectivity index (χ2v) is 12.3. The fraction of sp³-hybridized carbons (Fsp3) is 0.538. The van der Waals surface area contributed by atoms with E-state index in [1.54, 1.807) is 6.20 Å². The van der Waals surface area contributed by atoms with E-state index < -0.39 is 10.3 Å². The molecule has 178 valence electrons. The lowest BCUT2D eigenvalue weighted by atomic mass is 10.2. The van der Waals surface area contributed by atoms with E-state index in [1.165, 1.54) is 4.90 Å². The van der Waals surface area contributed by atoms with Crippen molar-refractivity contribution in [2.75, 3.05) is 19.5 Å². The van der Waals surface area contributed by atoms with E-state index in [0.29, 0.717) is 12.5 Å². The summed E-state index contributed by atoms with van der Waals surface area (Å²) in [6.45, 7) is 14.3. The Morgan fingerprint density at radius 3 is 2.28 bits per heavy atom. The van der Waals surface area contributed by atoms with Crippen molar-refractivity contribution in [2.45, 2.75) is 76.9 Å². The fourth-order valence-corrected chi connectivity index (χ4v) is 5.68. The molecule has 0 aliphatic heterocycles. The number of benzene rings is 1. The number of ether oxygens (including phenoxy) is 1. The van der Waals surface area contributed by atoms with Crippen LogP contribution < -0.4 is 4.74 Å². The summed E-state index contributed by atoms with van der Waals surface area (Å²) in [4.78, 5) is 10.1. The van der Waals surface area contributed by atoms with Gasteiger partial charge < -0.3 is 13.3 Å². The summed E-state index contributed by atoms with van der Waals surface area (Å²) in [6.07, 6.45) is 12.3. The van der Waals surface area contributed by atoms with Crippen LogP contribution in [0, 0.1) is 6.92 Å². The first kappa shape index (κ1) is 26.2. The SMILES string of the molecule is CC.Cc1cn2ccnc2c(OCCCCCCOS(C)(c2ccccc2)C(C)(C)C)n1. The van der Waals surface area contributed by atoms with Crippen LogP contribution in [0.15, 0.2) is 53.8 Å². The maximum absolute atomic E-state index is 6.54. The van der Waals surface area contributed by atoms with Crippen molar-refractivity contribution in [1.82, 2.24) is 14.4 Å². The monoisotopic (exact) mass is 459 g/mol. The first-order valence-electron chi connectivity index (χ1n) is 11.7. The number of fused-ring (bicyclic) bond motifs is 1. The van der Waals surface area contributed by atoms with Crippen molar-refractivity contribution < 1.29 is 8.92 Å². The van der Waals surface area contributed by atoms with E-state index in [-0.39, 0.29) is 4.75 Å². The largest absolute Gasteiger partial charge is 0.475 e. The summed E-state index contributed by atoms with van der Waals surface area (Å²) >= 11 is 0. The average molecular weight is 460 g/mol. The molecule has 3 rings (SSSR count). The van der Waals surface area contributed by atoms with E-state index in [4.69, 9.17) is 8.92 Å². The second kappa shape index (κ2) is 12.3. The number of rotatable bonds is 10. The highest BCUT2D eigenvalue weighted by Gasteiger charge is 2.35. The number of hydrogen-bond acceptors (Lipinski definition) is 4. The second-order valence-electron chi connectivity index (χ2n) is 8.70. The van der Waals surface area contributed by atoms with Gasteiger partial charge in [0.15, 0.2) is 5.65 Å². The number of imidazole rings is 1. The number of nitrogens with zero attached hydrogens (tertiary/aromatic N) is 3. The summed E-state index contributed by atoms with van der Waals surface area (Å²) < 4.78 is 14.5. The van der Waals surface area contributed by atoms with Crippen molar-refractivity contribution in [1.29, 1.82) is 0 Å². The third-order valence-electron chi connectivity index (χ3n) is 5.42. The fourth-order valence-electron chi connectivity index (χ4n) is 3.35. The van der Waals surface area contributed by atoms with E-state index in [0.717, 1.165) is 43.6 Å². The quantitative estimate of drug-likeness (QED) is 0.300. The Bertz CT molecular complexity index is 937. The van der Waals surface area contributed by atoms with Crippen molar-refractivity contribution in [3.8, 4) is 5.88 Å². The molecule has 1 atom stereocenters. The van der Waals surface area contributed by atoms with Crippen LogP contribution in [-0.4, -0.2) is 38.6 Å². The zero-order chi connectivity index (χ0) is 23.6. The molecule has 5 nitrogen and oxygen atoms in total. The van der Waals surface area contributed by atoms with Gasteiger partial charge in [0.2, 0.25) is 0 Å². The lowest BCUT2D eigenvalue weighted by Crippen LogP contribution is -2.26. The molecule has 3 aromatic rings. The Labute approximate surface area is 196 Å². The zero-order valence-corrected chi connectivity index (χ0v) is 21.7. The Morgan fingerprint density at radius 2 is 1.62 bits per heavy atom. The molecule has 0 saturated carbocycles. The zero-order valence-electron chi connectivity index (χ0n) is 20.9. The summed E-state index contributed by atoms with van der Waals surface area (Å²) in [6, 6.07) is 10.7. The van der Waals surface area contributed by atoms with E-state index in [9.17, 15) is 0 Å². The van der Waals surface area contributed by atoms with Crippen LogP contribution in [0.2, 0.25) is 0 Å². The first-order chi connectivity index (χ1) is 15.3. The molecule has 0 saturated heterocycles. The van der Waals surface area contributed by atoms with Crippen molar-refractivity contribution in [3.05, 3.63) is 54.6 Å². The van der Waals surface area contributed by atoms with Gasteiger partial charge in [-0.05, 0) is 44.6 Å². The van der Waals surface area contributed by atoms with E-state index in [1.807, 2.05) is 37.6 Å². The van der Waals surface area contributed by atoms with Gasteiger partial charge in [0.05, 0.1) is 18.9 Å². The number of aryl methyl sites for hydroxylation is 1. The average Bonchev–Trinajstić information content (AvgIpc) is 3.25. The number of hydrogen-bond donors (Lipinski definition) is 0. The van der Waals surface area contributed by atoms with Crippen molar-refractivity contribution in [2.24, 2.45) is 0 Å². The minimum Gasteiger partial charge on any atom is -0.475 e. The topological polar surface area (TPSA) is 48.7 Å². The minimum absolute atomic E-state index is 0.0984. The van der Waals surface area contributed by atoms with Gasteiger partial charge in [-0.2, -0.15) is 0 Å². The Balaban J connectivity index is 0.00000176. The van der Waals surface area contributed by atoms with Crippen LogP contribution in [0.5, 0.6) is 5.88 Å². The number of unbranched alkanes of at least 4 members (excludes halogenated alkanes) is 3. The van der Waals surface area contributed by atoms with Gasteiger partial charge in [-0.3, -0.25) is 0 Å². The molecule has 2 heterocycles. The van der Waals surface area contributed by atoms with Crippen LogP contribution >= 0.6 is 10.3 Å². The first-order valence-corrected chi connectivity index (χ1v) is 13.7. The van der Waals surface area contributed by atoms with Gasteiger partial charge in [0.1, 0.15) is 0 Å². The molecule has 0 fully saturated rings. The van der Waals surface area contributed by atoms with Gasteiger partial charge in [-0.15, -0.1) is 10.3 Å². The molecule has 1 aromatic carbocycles. The van der Waals surface area contributed by atoms with E-state index in [2.05, 4.69) is 67.3 Å². The lowest BCUT2D eigenvalue weighted by molar-refractivity contribution is 0.288. The summed E-state index contributed by atoms with van der Waals surface area (Å²) in [5, 5.41) is 0. The maximum Gasteiger partial charge on any atom is 0.258 e. The van der Waals surface area contributed by atoms with Gasteiger partial charge in [0, 0.05) is 28.2 Å². The molecule has 2 aromatic heterocycles. The highest BCUT2D eigenvalue weighted by Crippen LogP contribution is 2.63. The molecule has 0 spiro atoms. The molecule has 0 bridgehead atoms. The van der Waals surface area contributed by atoms with E-state index >= 15 is 0 Å². The standard InChI is InChI=1S/C24H35N3O2S.C2H6/c1-20-19-27-16-15-25-22(27)23(26-20)28-17-11-6-7-12-18-29-30(5,24(2,3)4)21-13-9-8-10-14-21;1-2/h8-10,13-16,19H,6-7,11-12,17-18H2,1-5H3;1-2H3. The molecule has 1 unspecified atom stereocenters. The molecular weight excluding hydrogens is 418 g/mol. The van der Waals surface area contributed by atoms with Crippen molar-refractivity contribution in [3.63, 3.8) is 0 Å². The minimum atomic E-state index is -1.33. The predicted octanol–water partition coefficient (Wildman–Crippen LogP) is 7.23. The van der Waals surface area contributed by atoms with Gasteiger partial charge >= 0.3 is 0 Å². The van der Waals surface area contributed by atoms with Gasteiger partial charge in [-0.25, -0.2) is 9.97 Å². The van der Waals surface area contributed by atoms with Crippen LogP contribution in [0.1, 0.15) is 66.0 Å². The van der Waals surface area contributed by atoms with Crippen LogP contribution in [-0.2, 0) is 4.18 Å². The van der Waals surface area contributed by atoms with Crippen LogP contribution in [0.25, 0.3) is 5.65 Å². The van der Waals surface area contributed by atoms with Crippen LogP contribution in [0.3, 0.4) is 0 Å². The summed E-state index contributed by atoms with van der Waals surface area (Å²) in [5.74, 6) is 0.621. The smallest absolute Gasteiger partial charge is 0.258 e. The third-order valence-corrected chi connectivity index (χ3v) is 9.57. The summed E-state index contributed by atoms with van der Waals surface area (Å²) in [7, 11) is -1.33. The molecular formula is C26H41N3O2S. The maximum atomic E-state index is 6.54. The molecule has 0 radical (unpaired) electrons. The summed E-state index contributed by atoms with van der Waals surface area (Å²) in [5.41, 5.74) is 1.70. The molecule has 0 amide bonds.